The van der Waals surface area contributed by atoms with Gasteiger partial charge in [0.25, 0.3) is 5.91 Å². The van der Waals surface area contributed by atoms with Gasteiger partial charge in [-0.1, -0.05) is 53.2 Å². The van der Waals surface area contributed by atoms with E-state index in [1.54, 1.807) is 48.5 Å². The molecular formula is C35H41ClN2O13S. The summed E-state index contributed by atoms with van der Waals surface area (Å²) in [5.74, 6) is -5.61. The minimum absolute atomic E-state index is 0.0931. The van der Waals surface area contributed by atoms with Gasteiger partial charge in [0.05, 0.1) is 26.1 Å². The zero-order chi connectivity index (χ0) is 38.6. The Balaban J connectivity index is 2.15. The SMILES string of the molecule is COC(=O)[C@@]1(Sc2ccc(C)cc2)C[C@H](OC(C)=O)[C@@H](NC(=O)COC(C)=O)[C@H]([C@H](OC(C)=O)[C@@H](CNC(=O)Cc2ccc(Cl)cc2)OC(C)=O)O1. The molecule has 0 bridgehead atoms. The number of hydrogen-bond acceptors (Lipinski definition) is 14. The maximum Gasteiger partial charge on any atom is 0.349 e. The van der Waals surface area contributed by atoms with Crippen molar-refractivity contribution in [2.75, 3.05) is 20.3 Å². The van der Waals surface area contributed by atoms with E-state index in [0.29, 0.717) is 15.5 Å². The lowest BCUT2D eigenvalue weighted by molar-refractivity contribution is -0.221. The molecule has 1 aliphatic rings. The molecule has 3 rings (SSSR count). The lowest BCUT2D eigenvalue weighted by Crippen LogP contribution is -2.68. The van der Waals surface area contributed by atoms with Crippen LogP contribution in [0.1, 0.15) is 45.2 Å². The van der Waals surface area contributed by atoms with Crippen molar-refractivity contribution < 1.29 is 62.0 Å². The van der Waals surface area contributed by atoms with Gasteiger partial charge < -0.3 is 39.1 Å². The van der Waals surface area contributed by atoms with Crippen molar-refractivity contribution in [2.24, 2.45) is 0 Å². The van der Waals surface area contributed by atoms with Crippen LogP contribution in [0, 0.1) is 6.92 Å². The molecule has 1 fully saturated rings. The zero-order valence-corrected chi connectivity index (χ0v) is 31.0. The number of carbonyl (C=O) groups is 7. The van der Waals surface area contributed by atoms with Crippen molar-refractivity contribution >= 4 is 65.0 Å². The van der Waals surface area contributed by atoms with Crippen LogP contribution in [-0.2, 0) is 68.4 Å². The number of nitrogens with one attached hydrogen (secondary N) is 2. The first kappa shape index (κ1) is 41.7. The Bertz CT molecular complexity index is 1620. The van der Waals surface area contributed by atoms with Gasteiger partial charge in [0.15, 0.2) is 18.8 Å². The van der Waals surface area contributed by atoms with Crippen LogP contribution in [0.5, 0.6) is 0 Å². The molecule has 0 saturated carbocycles. The van der Waals surface area contributed by atoms with Crippen molar-refractivity contribution in [3.8, 4) is 0 Å². The summed E-state index contributed by atoms with van der Waals surface area (Å²) in [5, 5.41) is 5.73. The number of ether oxygens (including phenoxy) is 6. The molecule has 2 aromatic carbocycles. The van der Waals surface area contributed by atoms with E-state index in [1.165, 1.54) is 0 Å². The Morgan fingerprint density at radius 2 is 1.52 bits per heavy atom. The minimum atomic E-state index is -2.01. The second-order valence-corrected chi connectivity index (χ2v) is 13.6. The number of halogens is 1. The van der Waals surface area contributed by atoms with E-state index in [0.717, 1.165) is 52.1 Å². The first-order valence-electron chi connectivity index (χ1n) is 16.0. The van der Waals surface area contributed by atoms with Crippen molar-refractivity contribution in [3.63, 3.8) is 0 Å². The van der Waals surface area contributed by atoms with Gasteiger partial charge in [-0.25, -0.2) is 4.79 Å². The highest BCUT2D eigenvalue weighted by atomic mass is 35.5. The van der Waals surface area contributed by atoms with E-state index >= 15 is 0 Å². The molecule has 1 saturated heterocycles. The fourth-order valence-corrected chi connectivity index (χ4v) is 6.71. The van der Waals surface area contributed by atoms with Crippen LogP contribution < -0.4 is 10.6 Å². The maximum absolute atomic E-state index is 13.7. The zero-order valence-electron chi connectivity index (χ0n) is 29.4. The second kappa shape index (κ2) is 19.2. The number of benzene rings is 2. The summed E-state index contributed by atoms with van der Waals surface area (Å²) in [6.45, 7) is 5.02. The van der Waals surface area contributed by atoms with Crippen LogP contribution in [-0.4, -0.2) is 97.3 Å². The number of amides is 2. The van der Waals surface area contributed by atoms with E-state index in [9.17, 15) is 33.6 Å². The Morgan fingerprint density at radius 3 is 2.08 bits per heavy atom. The van der Waals surface area contributed by atoms with Gasteiger partial charge in [-0.3, -0.25) is 28.8 Å². The van der Waals surface area contributed by atoms with Crippen LogP contribution in [0.15, 0.2) is 53.4 Å². The standard InChI is InChI=1S/C35H41ClN2O13S/c1-19-7-13-26(14-8-19)52-35(34(45)46-6)16-27(48-21(3)40)31(38-30(44)18-47-20(2)39)33(51-35)32(50-23(5)42)28(49-22(4)41)17-37-29(43)15-24-9-11-25(36)12-10-24/h7-14,27-28,31-33H,15-18H2,1-6H3,(H,37,43)(H,38,44)/t27-,28+,31+,32+,33+,35-/m0/s1. The fraction of sp³-hybridized carbons (Fsp3) is 0.457. The third kappa shape index (κ3) is 12.5. The molecule has 0 spiro atoms. The summed E-state index contributed by atoms with van der Waals surface area (Å²) >= 11 is 6.86. The van der Waals surface area contributed by atoms with Gasteiger partial charge in [-0.05, 0) is 36.8 Å². The van der Waals surface area contributed by atoms with Crippen LogP contribution in [0.25, 0.3) is 0 Å². The van der Waals surface area contributed by atoms with Gasteiger partial charge >= 0.3 is 29.8 Å². The van der Waals surface area contributed by atoms with Crippen LogP contribution in [0.3, 0.4) is 0 Å². The van der Waals surface area contributed by atoms with E-state index in [2.05, 4.69) is 10.6 Å². The van der Waals surface area contributed by atoms with Gasteiger partial charge in [-0.2, -0.15) is 0 Å². The van der Waals surface area contributed by atoms with Crippen molar-refractivity contribution in [1.29, 1.82) is 0 Å². The topological polar surface area (TPSA) is 199 Å². The first-order chi connectivity index (χ1) is 24.5. The molecule has 52 heavy (non-hydrogen) atoms. The van der Waals surface area contributed by atoms with Gasteiger partial charge in [0.1, 0.15) is 12.2 Å². The smallest absolute Gasteiger partial charge is 0.349 e. The number of thioether (sulfide) groups is 1. The lowest BCUT2D eigenvalue weighted by Gasteiger charge is -2.48. The largest absolute Gasteiger partial charge is 0.466 e. The number of carbonyl (C=O) groups excluding carboxylic acids is 7. The third-order valence-electron chi connectivity index (χ3n) is 7.49. The van der Waals surface area contributed by atoms with Crippen LogP contribution >= 0.6 is 23.4 Å². The quantitative estimate of drug-likeness (QED) is 0.198. The molecule has 2 amide bonds. The fourth-order valence-electron chi connectivity index (χ4n) is 5.35. The molecule has 1 heterocycles. The van der Waals surface area contributed by atoms with Crippen molar-refractivity contribution in [2.45, 2.75) is 87.7 Å². The highest BCUT2D eigenvalue weighted by Crippen LogP contribution is 2.46. The van der Waals surface area contributed by atoms with Crippen molar-refractivity contribution in [3.05, 3.63) is 64.7 Å². The normalized spacial score (nSPS) is 20.6. The summed E-state index contributed by atoms with van der Waals surface area (Å²) in [6.07, 6.45) is -6.66. The lowest BCUT2D eigenvalue weighted by atomic mass is 9.89. The molecule has 17 heteroatoms. The monoisotopic (exact) mass is 764 g/mol. The molecule has 1 aliphatic heterocycles. The molecule has 0 aromatic heterocycles. The van der Waals surface area contributed by atoms with Crippen molar-refractivity contribution in [1.82, 2.24) is 10.6 Å². The van der Waals surface area contributed by atoms with Gasteiger partial charge in [-0.15, -0.1) is 0 Å². The average Bonchev–Trinajstić information content (AvgIpc) is 3.07. The van der Waals surface area contributed by atoms with E-state index in [1.807, 2.05) is 6.92 Å². The molecule has 2 aromatic rings. The average molecular weight is 765 g/mol. The minimum Gasteiger partial charge on any atom is -0.466 e. The highest BCUT2D eigenvalue weighted by molar-refractivity contribution is 8.01. The molecule has 0 radical (unpaired) electrons. The number of rotatable bonds is 15. The molecule has 0 unspecified atom stereocenters. The van der Waals surface area contributed by atoms with Crippen LogP contribution in [0.4, 0.5) is 0 Å². The second-order valence-electron chi connectivity index (χ2n) is 11.8. The summed E-state index contributed by atoms with van der Waals surface area (Å²) in [6, 6.07) is 12.1. The van der Waals surface area contributed by atoms with Crippen LogP contribution in [0.2, 0.25) is 5.02 Å². The third-order valence-corrected chi connectivity index (χ3v) is 9.01. The van der Waals surface area contributed by atoms with E-state index < -0.39 is 96.6 Å². The Morgan fingerprint density at radius 1 is 0.885 bits per heavy atom. The summed E-state index contributed by atoms with van der Waals surface area (Å²) in [5.41, 5.74) is 1.54. The van der Waals surface area contributed by atoms with E-state index in [-0.39, 0.29) is 6.42 Å². The molecule has 282 valence electrons. The Kier molecular flexibility index (Phi) is 15.5. The summed E-state index contributed by atoms with van der Waals surface area (Å²) in [7, 11) is 1.12. The number of esters is 5. The predicted molar refractivity (Wildman–Crippen MR) is 185 cm³/mol. The number of methoxy groups -OCH3 is 1. The molecule has 6 atom stereocenters. The summed E-state index contributed by atoms with van der Waals surface area (Å²) in [4.78, 5) is 87.6. The molecule has 15 nitrogen and oxygen atoms in total. The Hall–Kier alpha value is -4.67. The molecule has 0 aliphatic carbocycles. The van der Waals surface area contributed by atoms with Gasteiger partial charge in [0.2, 0.25) is 10.8 Å². The van der Waals surface area contributed by atoms with E-state index in [4.69, 9.17) is 40.0 Å². The van der Waals surface area contributed by atoms with Gasteiger partial charge in [0, 0.05) is 44.0 Å². The number of aryl methyl sites for hydroxylation is 1. The molecule has 2 N–H and O–H groups in total. The highest BCUT2D eigenvalue weighted by Gasteiger charge is 2.59. The number of hydrogen-bond donors (Lipinski definition) is 2. The summed E-state index contributed by atoms with van der Waals surface area (Å²) < 4.78 is 33.5. The maximum atomic E-state index is 13.7. The predicted octanol–water partition coefficient (Wildman–Crippen LogP) is 2.60. The first-order valence-corrected chi connectivity index (χ1v) is 17.2. The molecular weight excluding hydrogens is 724 g/mol. The Labute approximate surface area is 309 Å².